The summed E-state index contributed by atoms with van der Waals surface area (Å²) in [4.78, 5) is 41.7. The zero-order chi connectivity index (χ0) is 25.1. The van der Waals surface area contributed by atoms with Gasteiger partial charge in [0, 0.05) is 23.5 Å². The number of imide groups is 1. The zero-order valence-corrected chi connectivity index (χ0v) is 19.9. The Morgan fingerprint density at radius 3 is 1.70 bits per heavy atom. The summed E-state index contributed by atoms with van der Waals surface area (Å²) in [7, 11) is 0. The van der Waals surface area contributed by atoms with Gasteiger partial charge in [-0.1, -0.05) is 84.9 Å². The second-order valence-electron chi connectivity index (χ2n) is 9.85. The highest BCUT2D eigenvalue weighted by atomic mass is 16.5. The van der Waals surface area contributed by atoms with E-state index in [4.69, 9.17) is 4.74 Å². The lowest BCUT2D eigenvalue weighted by Crippen LogP contribution is -2.41. The Kier molecular flexibility index (Phi) is 4.86. The number of benzene rings is 4. The van der Waals surface area contributed by atoms with Gasteiger partial charge in [-0.15, -0.1) is 0 Å². The normalized spacial score (nSPS) is 22.9. The Hall–Kier alpha value is -4.51. The Morgan fingerprint density at radius 2 is 1.16 bits per heavy atom. The Balaban J connectivity index is 1.22. The summed E-state index contributed by atoms with van der Waals surface area (Å²) in [5.41, 5.74) is 5.63. The molecule has 1 saturated heterocycles. The fraction of sp³-hybridized carbons (Fsp3) is 0.156. The molecule has 1 fully saturated rings. The van der Waals surface area contributed by atoms with Crippen molar-refractivity contribution in [3.63, 3.8) is 0 Å². The lowest BCUT2D eigenvalue weighted by molar-refractivity contribution is -0.122. The van der Waals surface area contributed by atoms with Crippen molar-refractivity contribution >= 4 is 23.3 Å². The van der Waals surface area contributed by atoms with E-state index < -0.39 is 11.8 Å². The smallest absolute Gasteiger partial charge is 0.238 e. The largest absolute Gasteiger partial charge is 0.485 e. The SMILES string of the molecule is O=C(COc1cccc(N2C(=O)[C@@H]3C4c5ccccc5C(c5ccccc54)[C@H]3C2=O)c1)c1ccccc1. The van der Waals surface area contributed by atoms with Crippen molar-refractivity contribution in [1.29, 1.82) is 0 Å². The van der Waals surface area contributed by atoms with Gasteiger partial charge in [0.2, 0.25) is 11.8 Å². The fourth-order valence-corrected chi connectivity index (χ4v) is 6.50. The number of nitrogens with zero attached hydrogens (tertiary/aromatic N) is 1. The summed E-state index contributed by atoms with van der Waals surface area (Å²) in [5, 5.41) is 0. The number of amides is 2. The van der Waals surface area contributed by atoms with Crippen molar-refractivity contribution in [2.24, 2.45) is 11.8 Å². The van der Waals surface area contributed by atoms with Crippen LogP contribution < -0.4 is 9.64 Å². The average molecular weight is 486 g/mol. The van der Waals surface area contributed by atoms with Crippen LogP contribution in [0.15, 0.2) is 103 Å². The number of rotatable bonds is 5. The molecule has 2 bridgehead atoms. The minimum Gasteiger partial charge on any atom is -0.485 e. The molecule has 4 aromatic carbocycles. The van der Waals surface area contributed by atoms with Gasteiger partial charge in [-0.25, -0.2) is 4.90 Å². The molecule has 37 heavy (non-hydrogen) atoms. The van der Waals surface area contributed by atoms with Crippen LogP contribution in [0.5, 0.6) is 5.75 Å². The number of ketones is 1. The number of Topliss-reactive ketones (excluding diaryl/α,β-unsaturated/α-hetero) is 1. The summed E-state index contributed by atoms with van der Waals surface area (Å²) in [6.45, 7) is -0.130. The summed E-state index contributed by atoms with van der Waals surface area (Å²) in [6.07, 6.45) is 0. The third kappa shape index (κ3) is 3.20. The maximum Gasteiger partial charge on any atom is 0.238 e. The molecule has 0 saturated carbocycles. The predicted molar refractivity (Wildman–Crippen MR) is 139 cm³/mol. The predicted octanol–water partition coefficient (Wildman–Crippen LogP) is 5.34. The van der Waals surface area contributed by atoms with Crippen molar-refractivity contribution in [1.82, 2.24) is 0 Å². The molecule has 4 aromatic rings. The highest BCUT2D eigenvalue weighted by Gasteiger charge is 2.61. The number of ether oxygens (including phenoxy) is 1. The Labute approximate surface area is 214 Å². The van der Waals surface area contributed by atoms with Gasteiger partial charge in [-0.3, -0.25) is 14.4 Å². The van der Waals surface area contributed by atoms with E-state index in [9.17, 15) is 14.4 Å². The van der Waals surface area contributed by atoms with E-state index in [-0.39, 0.29) is 36.0 Å². The first-order valence-electron chi connectivity index (χ1n) is 12.5. The molecule has 1 heterocycles. The van der Waals surface area contributed by atoms with Crippen LogP contribution in [-0.2, 0) is 9.59 Å². The van der Waals surface area contributed by atoms with Crippen LogP contribution in [-0.4, -0.2) is 24.2 Å². The van der Waals surface area contributed by atoms with Gasteiger partial charge in [-0.2, -0.15) is 0 Å². The highest BCUT2D eigenvalue weighted by Crippen LogP contribution is 2.61. The van der Waals surface area contributed by atoms with E-state index in [2.05, 4.69) is 24.3 Å². The summed E-state index contributed by atoms with van der Waals surface area (Å²) < 4.78 is 5.77. The van der Waals surface area contributed by atoms with Crippen LogP contribution >= 0.6 is 0 Å². The van der Waals surface area contributed by atoms with E-state index in [1.807, 2.05) is 42.5 Å². The third-order valence-electron chi connectivity index (χ3n) is 7.99. The number of carbonyl (C=O) groups excluding carboxylic acids is 3. The number of carbonyl (C=O) groups is 3. The first-order chi connectivity index (χ1) is 18.1. The van der Waals surface area contributed by atoms with Crippen molar-refractivity contribution in [3.8, 4) is 5.75 Å². The van der Waals surface area contributed by atoms with Crippen LogP contribution in [0.1, 0.15) is 44.4 Å². The van der Waals surface area contributed by atoms with Gasteiger partial charge in [0.05, 0.1) is 17.5 Å². The molecular weight excluding hydrogens is 462 g/mol. The molecule has 0 radical (unpaired) electrons. The third-order valence-corrected chi connectivity index (χ3v) is 7.99. The molecule has 0 N–H and O–H groups in total. The van der Waals surface area contributed by atoms with Crippen molar-refractivity contribution in [3.05, 3.63) is 131 Å². The molecule has 5 heteroatoms. The molecule has 1 aliphatic heterocycles. The van der Waals surface area contributed by atoms with Crippen LogP contribution in [0.4, 0.5) is 5.69 Å². The van der Waals surface area contributed by atoms with Gasteiger partial charge < -0.3 is 4.74 Å². The van der Waals surface area contributed by atoms with E-state index in [0.717, 1.165) is 22.3 Å². The van der Waals surface area contributed by atoms with E-state index >= 15 is 0 Å². The van der Waals surface area contributed by atoms with Crippen molar-refractivity contribution < 1.29 is 19.1 Å². The zero-order valence-electron chi connectivity index (χ0n) is 19.9. The maximum atomic E-state index is 13.9. The Bertz CT molecular complexity index is 1460. The monoisotopic (exact) mass is 485 g/mol. The molecule has 0 aromatic heterocycles. The number of anilines is 1. The molecule has 0 unspecified atom stereocenters. The van der Waals surface area contributed by atoms with E-state index in [1.165, 1.54) is 4.90 Å². The topological polar surface area (TPSA) is 63.7 Å². The molecule has 0 spiro atoms. The molecule has 8 rings (SSSR count). The average Bonchev–Trinajstić information content (AvgIpc) is 3.22. The molecule has 180 valence electrons. The molecule has 3 aliphatic carbocycles. The summed E-state index contributed by atoms with van der Waals surface area (Å²) in [5.74, 6) is -1.22. The van der Waals surface area contributed by atoms with E-state index in [1.54, 1.807) is 36.4 Å². The highest BCUT2D eigenvalue weighted by molar-refractivity contribution is 6.23. The molecule has 2 amide bonds. The first-order valence-corrected chi connectivity index (χ1v) is 12.5. The molecule has 2 atom stereocenters. The van der Waals surface area contributed by atoms with Crippen LogP contribution in [0, 0.1) is 11.8 Å². The van der Waals surface area contributed by atoms with Crippen molar-refractivity contribution in [2.45, 2.75) is 11.8 Å². The second kappa shape index (κ2) is 8.27. The summed E-state index contributed by atoms with van der Waals surface area (Å²) >= 11 is 0. The van der Waals surface area contributed by atoms with Crippen LogP contribution in [0.25, 0.3) is 0 Å². The first kappa shape index (κ1) is 21.7. The fourth-order valence-electron chi connectivity index (χ4n) is 6.50. The van der Waals surface area contributed by atoms with Crippen molar-refractivity contribution in [2.75, 3.05) is 11.5 Å². The number of hydrogen-bond donors (Lipinski definition) is 0. The molecule has 5 nitrogen and oxygen atoms in total. The van der Waals surface area contributed by atoms with Gasteiger partial charge in [0.25, 0.3) is 0 Å². The number of hydrogen-bond acceptors (Lipinski definition) is 4. The molecular formula is C32H23NO4. The quantitative estimate of drug-likeness (QED) is 0.283. The van der Waals surface area contributed by atoms with Crippen LogP contribution in [0.2, 0.25) is 0 Å². The van der Waals surface area contributed by atoms with Gasteiger partial charge >= 0.3 is 0 Å². The van der Waals surface area contributed by atoms with Crippen LogP contribution in [0.3, 0.4) is 0 Å². The lowest BCUT2D eigenvalue weighted by atomic mass is 9.55. The molecule has 4 aliphatic rings. The minimum absolute atomic E-state index is 0.130. The minimum atomic E-state index is -0.438. The van der Waals surface area contributed by atoms with E-state index in [0.29, 0.717) is 17.0 Å². The lowest BCUT2D eigenvalue weighted by Gasteiger charge is -2.45. The van der Waals surface area contributed by atoms with Gasteiger partial charge in [-0.05, 0) is 34.4 Å². The summed E-state index contributed by atoms with van der Waals surface area (Å²) in [6, 6.07) is 32.3. The standard InChI is InChI=1S/C32H23NO4/c34-26(19-9-2-1-3-10-19)18-37-21-12-8-11-20(17-21)33-31(35)29-27-22-13-4-5-14-23(22)28(30(29)32(33)36)25-16-7-6-15-24(25)27/h1-17,27-30H,18H2/t27?,28?,29-,30-/m1/s1. The maximum absolute atomic E-state index is 13.9. The van der Waals surface area contributed by atoms with Gasteiger partial charge in [0.1, 0.15) is 5.75 Å². The Morgan fingerprint density at radius 1 is 0.649 bits per heavy atom. The van der Waals surface area contributed by atoms with Gasteiger partial charge in [0.15, 0.2) is 12.4 Å². The second-order valence-corrected chi connectivity index (χ2v) is 9.85.